The number of hydrogen-bond acceptors (Lipinski definition) is 3. The number of aromatic nitrogens is 2. The Hall–Kier alpha value is -6.16. The largest absolute Gasteiger partial charge is 0.226 e. The Morgan fingerprint density at radius 2 is 0.755 bits per heavy atom. The molecule has 0 N–H and O–H groups in total. The molecule has 0 atom stereocenters. The van der Waals surface area contributed by atoms with Crippen LogP contribution in [0.2, 0.25) is 0 Å². The predicted octanol–water partition coefficient (Wildman–Crippen LogP) is 12.8. The molecule has 49 heavy (non-hydrogen) atoms. The second kappa shape index (κ2) is 12.5. The van der Waals surface area contributed by atoms with Gasteiger partial charge >= 0.3 is 0 Å². The molecule has 2 nitrogen and oxygen atoms in total. The van der Waals surface area contributed by atoms with Crippen LogP contribution in [-0.4, -0.2) is 9.97 Å². The van der Waals surface area contributed by atoms with E-state index in [0.29, 0.717) is 0 Å². The van der Waals surface area contributed by atoms with Crippen LogP contribution < -0.4 is 0 Å². The lowest BCUT2D eigenvalue weighted by atomic mass is 9.95. The molecule has 9 aromatic rings. The van der Waals surface area contributed by atoms with Gasteiger partial charge in [0.2, 0.25) is 0 Å². The average Bonchev–Trinajstić information content (AvgIpc) is 3.57. The van der Waals surface area contributed by atoms with Crippen LogP contribution in [0.5, 0.6) is 0 Å². The van der Waals surface area contributed by atoms with E-state index < -0.39 is 0 Å². The van der Waals surface area contributed by atoms with Crippen molar-refractivity contribution in [3.8, 4) is 67.2 Å². The maximum absolute atomic E-state index is 5.41. The van der Waals surface area contributed by atoms with Crippen LogP contribution >= 0.6 is 11.3 Å². The van der Waals surface area contributed by atoms with E-state index in [1.54, 1.807) is 11.3 Å². The van der Waals surface area contributed by atoms with E-state index in [0.717, 1.165) is 66.1 Å². The van der Waals surface area contributed by atoms with Crippen molar-refractivity contribution in [1.82, 2.24) is 9.97 Å². The van der Waals surface area contributed by atoms with Gasteiger partial charge in [-0.05, 0) is 80.9 Å². The molecule has 0 amide bonds. The van der Waals surface area contributed by atoms with Crippen molar-refractivity contribution < 1.29 is 0 Å². The Kier molecular flexibility index (Phi) is 7.38. The van der Waals surface area contributed by atoms with E-state index in [1.165, 1.54) is 21.4 Å². The third kappa shape index (κ3) is 5.61. The maximum atomic E-state index is 5.41. The van der Waals surface area contributed by atoms with Gasteiger partial charge in [0.1, 0.15) is 0 Å². The van der Waals surface area contributed by atoms with E-state index in [2.05, 4.69) is 182 Å². The lowest BCUT2D eigenvalue weighted by Gasteiger charge is -2.13. The molecular formula is C46H30N2S. The summed E-state index contributed by atoms with van der Waals surface area (Å²) < 4.78 is 2.31. The van der Waals surface area contributed by atoms with Gasteiger partial charge in [-0.1, -0.05) is 146 Å². The highest BCUT2D eigenvalue weighted by Gasteiger charge is 2.18. The number of rotatable bonds is 6. The molecule has 0 radical (unpaired) electrons. The van der Waals surface area contributed by atoms with Gasteiger partial charge in [-0.2, -0.15) is 0 Å². The van der Waals surface area contributed by atoms with E-state index in [4.69, 9.17) is 9.97 Å². The molecule has 3 heteroatoms. The number of thiophene rings is 1. The number of hydrogen-bond donors (Lipinski definition) is 0. The minimum absolute atomic E-state index is 0.720. The molecule has 0 saturated carbocycles. The summed E-state index contributed by atoms with van der Waals surface area (Å²) in [5, 5.41) is 1.15. The molecule has 0 unspecified atom stereocenters. The zero-order chi connectivity index (χ0) is 32.6. The number of nitrogens with zero attached hydrogens (tertiary/aromatic N) is 2. The van der Waals surface area contributed by atoms with Crippen LogP contribution in [0, 0.1) is 0 Å². The van der Waals surface area contributed by atoms with Gasteiger partial charge in [0, 0.05) is 21.2 Å². The maximum Gasteiger partial charge on any atom is 0.160 e. The summed E-state index contributed by atoms with van der Waals surface area (Å²) in [5.74, 6) is 0.720. The van der Waals surface area contributed by atoms with Crippen molar-refractivity contribution in [1.29, 1.82) is 0 Å². The summed E-state index contributed by atoms with van der Waals surface area (Å²) in [6, 6.07) is 64.5. The Morgan fingerprint density at radius 3 is 1.37 bits per heavy atom. The smallest absolute Gasteiger partial charge is 0.160 e. The highest BCUT2D eigenvalue weighted by Crippen LogP contribution is 2.41. The fourth-order valence-corrected chi connectivity index (χ4v) is 7.78. The standard InChI is InChI=1S/C46H30N2S/c1-4-14-31(15-5-1)34-20-12-21-35(26-34)36-22-13-23-37(27-36)43-45-44(41-24-10-11-25-42(41)49-45)48-46(47-43)40-29-38(32-16-6-2-7-17-32)28-39(30-40)33-18-8-3-9-19-33/h1-30H. The van der Waals surface area contributed by atoms with Gasteiger partial charge in [0.15, 0.2) is 5.82 Å². The second-order valence-electron chi connectivity index (χ2n) is 12.2. The van der Waals surface area contributed by atoms with Crippen molar-refractivity contribution >= 4 is 31.6 Å². The first-order chi connectivity index (χ1) is 24.3. The Balaban J connectivity index is 1.24. The summed E-state index contributed by atoms with van der Waals surface area (Å²) in [6.07, 6.45) is 0. The molecule has 7 aromatic carbocycles. The summed E-state index contributed by atoms with van der Waals surface area (Å²) in [7, 11) is 0. The van der Waals surface area contributed by atoms with Crippen molar-refractivity contribution in [3.63, 3.8) is 0 Å². The van der Waals surface area contributed by atoms with Crippen LogP contribution in [0.3, 0.4) is 0 Å². The summed E-state index contributed by atoms with van der Waals surface area (Å²) in [6.45, 7) is 0. The minimum atomic E-state index is 0.720. The highest BCUT2D eigenvalue weighted by molar-refractivity contribution is 7.26. The van der Waals surface area contributed by atoms with Gasteiger partial charge in [-0.15, -0.1) is 11.3 Å². The molecule has 0 spiro atoms. The van der Waals surface area contributed by atoms with Gasteiger partial charge in [0.05, 0.1) is 15.9 Å². The Bertz CT molecular complexity index is 2530. The van der Waals surface area contributed by atoms with E-state index in [1.807, 2.05) is 0 Å². The Morgan fingerprint density at radius 1 is 0.327 bits per heavy atom. The minimum Gasteiger partial charge on any atom is -0.226 e. The van der Waals surface area contributed by atoms with Crippen LogP contribution in [0.25, 0.3) is 87.5 Å². The zero-order valence-corrected chi connectivity index (χ0v) is 27.4. The second-order valence-corrected chi connectivity index (χ2v) is 13.3. The molecule has 0 bridgehead atoms. The molecule has 0 aliphatic heterocycles. The predicted molar refractivity (Wildman–Crippen MR) is 208 cm³/mol. The molecular weight excluding hydrogens is 613 g/mol. The molecule has 0 aliphatic carbocycles. The van der Waals surface area contributed by atoms with Gasteiger partial charge in [-0.3, -0.25) is 0 Å². The van der Waals surface area contributed by atoms with E-state index in [-0.39, 0.29) is 0 Å². The number of fused-ring (bicyclic) bond motifs is 3. The fourth-order valence-electron chi connectivity index (χ4n) is 6.62. The van der Waals surface area contributed by atoms with E-state index >= 15 is 0 Å². The summed E-state index contributed by atoms with van der Waals surface area (Å²) in [5.41, 5.74) is 13.3. The SMILES string of the molecule is c1ccc(-c2cccc(-c3cccc(-c4nc(-c5cc(-c6ccccc6)cc(-c6ccccc6)c5)nc5c4sc4ccccc45)c3)c2)cc1. The zero-order valence-electron chi connectivity index (χ0n) is 26.6. The topological polar surface area (TPSA) is 25.8 Å². The molecule has 0 saturated heterocycles. The Labute approximate surface area is 289 Å². The quantitative estimate of drug-likeness (QED) is 0.180. The first-order valence-electron chi connectivity index (χ1n) is 16.5. The first kappa shape index (κ1) is 29.0. The van der Waals surface area contributed by atoms with Crippen LogP contribution in [0.1, 0.15) is 0 Å². The molecule has 2 heterocycles. The molecule has 0 aliphatic rings. The van der Waals surface area contributed by atoms with Crippen molar-refractivity contribution in [2.45, 2.75) is 0 Å². The molecule has 230 valence electrons. The monoisotopic (exact) mass is 642 g/mol. The fraction of sp³-hybridized carbons (Fsp3) is 0. The third-order valence-corrected chi connectivity index (χ3v) is 10.2. The van der Waals surface area contributed by atoms with Gasteiger partial charge in [-0.25, -0.2) is 9.97 Å². The molecule has 9 rings (SSSR count). The van der Waals surface area contributed by atoms with Gasteiger partial charge in [0.25, 0.3) is 0 Å². The van der Waals surface area contributed by atoms with Crippen molar-refractivity contribution in [2.24, 2.45) is 0 Å². The van der Waals surface area contributed by atoms with Crippen LogP contribution in [0.4, 0.5) is 0 Å². The van der Waals surface area contributed by atoms with E-state index in [9.17, 15) is 0 Å². The molecule has 0 fully saturated rings. The van der Waals surface area contributed by atoms with Crippen molar-refractivity contribution in [2.75, 3.05) is 0 Å². The van der Waals surface area contributed by atoms with Crippen LogP contribution in [0.15, 0.2) is 182 Å². The van der Waals surface area contributed by atoms with Crippen molar-refractivity contribution in [3.05, 3.63) is 182 Å². The summed E-state index contributed by atoms with van der Waals surface area (Å²) in [4.78, 5) is 10.7. The third-order valence-electron chi connectivity index (χ3n) is 9.06. The first-order valence-corrected chi connectivity index (χ1v) is 17.3. The van der Waals surface area contributed by atoms with Crippen LogP contribution in [-0.2, 0) is 0 Å². The summed E-state index contributed by atoms with van der Waals surface area (Å²) >= 11 is 1.76. The highest BCUT2D eigenvalue weighted by atomic mass is 32.1. The normalized spacial score (nSPS) is 11.3. The molecule has 2 aromatic heterocycles. The lowest BCUT2D eigenvalue weighted by Crippen LogP contribution is -1.95. The average molecular weight is 643 g/mol. The van der Waals surface area contributed by atoms with Gasteiger partial charge < -0.3 is 0 Å². The lowest BCUT2D eigenvalue weighted by molar-refractivity contribution is 1.24. The number of benzene rings is 7.